The number of hydrogen-bond acceptors (Lipinski definition) is 6. The Balaban J connectivity index is 1.61. The number of amides is 1. The molecule has 172 valence electrons. The molecule has 1 heterocycles. The van der Waals surface area contributed by atoms with Crippen LogP contribution in [0.3, 0.4) is 0 Å². The van der Waals surface area contributed by atoms with Crippen LogP contribution in [-0.4, -0.2) is 34.3 Å². The number of esters is 1. The fourth-order valence-corrected chi connectivity index (χ4v) is 4.25. The number of nitrogens with one attached hydrogen (secondary N) is 1. The molecule has 1 amide bonds. The lowest BCUT2D eigenvalue weighted by molar-refractivity contribution is -0.113. The van der Waals surface area contributed by atoms with Crippen molar-refractivity contribution in [1.82, 2.24) is 9.55 Å². The van der Waals surface area contributed by atoms with Gasteiger partial charge in [0.1, 0.15) is 0 Å². The lowest BCUT2D eigenvalue weighted by atomic mass is 10.1. The molecule has 0 aliphatic heterocycles. The van der Waals surface area contributed by atoms with Gasteiger partial charge in [0, 0.05) is 5.69 Å². The minimum atomic E-state index is -0.444. The van der Waals surface area contributed by atoms with Crippen LogP contribution in [0, 0.1) is 13.8 Å². The highest BCUT2D eigenvalue weighted by atomic mass is 32.2. The minimum Gasteiger partial charge on any atom is -0.465 e. The summed E-state index contributed by atoms with van der Waals surface area (Å²) >= 11 is 1.19. The molecule has 0 radical (unpaired) electrons. The van der Waals surface area contributed by atoms with Gasteiger partial charge in [-0.05, 0) is 73.5 Å². The SMILES string of the molecule is COC(=O)c1ccc(NC(=O)CSc2nc3ccccc3c(=O)n2-c2ccc(C)c(C)c2)cc1. The Bertz CT molecular complexity index is 1450. The Kier molecular flexibility index (Phi) is 6.79. The van der Waals surface area contributed by atoms with E-state index in [1.54, 1.807) is 41.0 Å². The van der Waals surface area contributed by atoms with Crippen molar-refractivity contribution in [2.45, 2.75) is 19.0 Å². The van der Waals surface area contributed by atoms with E-state index in [-0.39, 0.29) is 17.2 Å². The van der Waals surface area contributed by atoms with Crippen LogP contribution in [0.5, 0.6) is 0 Å². The zero-order chi connectivity index (χ0) is 24.2. The third-order valence-electron chi connectivity index (χ3n) is 5.42. The molecule has 7 nitrogen and oxygen atoms in total. The molecule has 0 saturated carbocycles. The first-order valence-corrected chi connectivity index (χ1v) is 11.6. The van der Waals surface area contributed by atoms with Crippen molar-refractivity contribution in [2.75, 3.05) is 18.2 Å². The van der Waals surface area contributed by atoms with Crippen LogP contribution in [0.4, 0.5) is 5.69 Å². The summed E-state index contributed by atoms with van der Waals surface area (Å²) in [5.41, 5.74) is 4.22. The highest BCUT2D eigenvalue weighted by Gasteiger charge is 2.15. The maximum atomic E-state index is 13.4. The van der Waals surface area contributed by atoms with Crippen LogP contribution in [0.25, 0.3) is 16.6 Å². The summed E-state index contributed by atoms with van der Waals surface area (Å²) in [4.78, 5) is 42.2. The Labute approximate surface area is 200 Å². The molecule has 4 aromatic rings. The van der Waals surface area contributed by atoms with Crippen LogP contribution >= 0.6 is 11.8 Å². The summed E-state index contributed by atoms with van der Waals surface area (Å²) in [7, 11) is 1.31. The van der Waals surface area contributed by atoms with Gasteiger partial charge in [0.05, 0.1) is 35.0 Å². The van der Waals surface area contributed by atoms with E-state index in [2.05, 4.69) is 15.0 Å². The third kappa shape index (κ3) is 4.87. The fraction of sp³-hybridized carbons (Fsp3) is 0.154. The lowest BCUT2D eigenvalue weighted by Crippen LogP contribution is -2.23. The van der Waals surface area contributed by atoms with E-state index < -0.39 is 5.97 Å². The number of benzene rings is 3. The van der Waals surface area contributed by atoms with Gasteiger partial charge in [-0.1, -0.05) is 30.0 Å². The summed E-state index contributed by atoms with van der Waals surface area (Å²) in [6.07, 6.45) is 0. The molecule has 0 atom stereocenters. The van der Waals surface area contributed by atoms with E-state index >= 15 is 0 Å². The second-order valence-corrected chi connectivity index (χ2v) is 8.67. The lowest BCUT2D eigenvalue weighted by Gasteiger charge is -2.14. The number of anilines is 1. The number of thioether (sulfide) groups is 1. The maximum absolute atomic E-state index is 13.4. The van der Waals surface area contributed by atoms with Crippen molar-refractivity contribution in [3.8, 4) is 5.69 Å². The van der Waals surface area contributed by atoms with Crippen LogP contribution < -0.4 is 10.9 Å². The molecule has 3 aromatic carbocycles. The topological polar surface area (TPSA) is 90.3 Å². The van der Waals surface area contributed by atoms with E-state index in [0.29, 0.717) is 33.0 Å². The van der Waals surface area contributed by atoms with E-state index in [0.717, 1.165) is 11.1 Å². The quantitative estimate of drug-likeness (QED) is 0.252. The Morgan fingerprint density at radius 3 is 2.44 bits per heavy atom. The number of methoxy groups -OCH3 is 1. The van der Waals surface area contributed by atoms with Crippen molar-refractivity contribution in [1.29, 1.82) is 0 Å². The first kappa shape index (κ1) is 23.3. The van der Waals surface area contributed by atoms with Crippen LogP contribution in [0.2, 0.25) is 0 Å². The number of nitrogens with zero attached hydrogens (tertiary/aromatic N) is 2. The fourth-order valence-electron chi connectivity index (χ4n) is 3.44. The predicted octanol–water partition coefficient (Wildman–Crippen LogP) is 4.52. The minimum absolute atomic E-state index is 0.0500. The Morgan fingerprint density at radius 2 is 1.74 bits per heavy atom. The molecule has 0 bridgehead atoms. The number of hydrogen-bond donors (Lipinski definition) is 1. The molecule has 0 unspecified atom stereocenters. The van der Waals surface area contributed by atoms with Gasteiger partial charge in [-0.25, -0.2) is 9.78 Å². The van der Waals surface area contributed by atoms with Gasteiger partial charge in [-0.15, -0.1) is 0 Å². The van der Waals surface area contributed by atoms with E-state index in [4.69, 9.17) is 0 Å². The standard InChI is InChI=1S/C26H23N3O4S/c1-16-8-13-20(14-17(16)2)29-24(31)21-6-4-5-7-22(21)28-26(29)34-15-23(30)27-19-11-9-18(10-12-19)25(32)33-3/h4-14H,15H2,1-3H3,(H,27,30). The monoisotopic (exact) mass is 473 g/mol. The van der Waals surface area contributed by atoms with E-state index in [1.807, 2.05) is 44.2 Å². The van der Waals surface area contributed by atoms with Crippen LogP contribution in [0.15, 0.2) is 76.7 Å². The van der Waals surface area contributed by atoms with Crippen LogP contribution in [-0.2, 0) is 9.53 Å². The van der Waals surface area contributed by atoms with Gasteiger partial charge < -0.3 is 10.1 Å². The second kappa shape index (κ2) is 9.93. The molecular weight excluding hydrogens is 450 g/mol. The molecular formula is C26H23N3O4S. The summed E-state index contributed by atoms with van der Waals surface area (Å²) in [6, 6.07) is 19.4. The van der Waals surface area contributed by atoms with Gasteiger partial charge in [-0.2, -0.15) is 0 Å². The number of para-hydroxylation sites is 1. The Hall–Kier alpha value is -3.91. The molecule has 4 rings (SSSR count). The molecule has 1 aromatic heterocycles. The van der Waals surface area contributed by atoms with Crippen molar-refractivity contribution in [3.05, 3.63) is 93.8 Å². The molecule has 0 aliphatic rings. The average Bonchev–Trinajstić information content (AvgIpc) is 2.84. The molecule has 34 heavy (non-hydrogen) atoms. The average molecular weight is 474 g/mol. The summed E-state index contributed by atoms with van der Waals surface area (Å²) in [5.74, 6) is -0.654. The van der Waals surface area contributed by atoms with E-state index in [1.165, 1.54) is 18.9 Å². The van der Waals surface area contributed by atoms with E-state index in [9.17, 15) is 14.4 Å². The van der Waals surface area contributed by atoms with Crippen molar-refractivity contribution in [3.63, 3.8) is 0 Å². The van der Waals surface area contributed by atoms with Gasteiger partial charge in [0.15, 0.2) is 5.16 Å². The summed E-state index contributed by atoms with van der Waals surface area (Å²) in [5, 5.41) is 3.74. The zero-order valence-corrected chi connectivity index (χ0v) is 19.8. The largest absolute Gasteiger partial charge is 0.465 e. The molecule has 0 aliphatic carbocycles. The number of ether oxygens (including phenoxy) is 1. The predicted molar refractivity (Wildman–Crippen MR) is 134 cm³/mol. The van der Waals surface area contributed by atoms with Gasteiger partial charge in [0.25, 0.3) is 5.56 Å². The molecule has 8 heteroatoms. The number of aryl methyl sites for hydroxylation is 2. The van der Waals surface area contributed by atoms with Gasteiger partial charge in [-0.3, -0.25) is 14.2 Å². The molecule has 0 fully saturated rings. The zero-order valence-electron chi connectivity index (χ0n) is 19.0. The Morgan fingerprint density at radius 1 is 1.00 bits per heavy atom. The van der Waals surface area contributed by atoms with Gasteiger partial charge >= 0.3 is 5.97 Å². The number of aromatic nitrogens is 2. The summed E-state index contributed by atoms with van der Waals surface area (Å²) in [6.45, 7) is 4.00. The first-order valence-electron chi connectivity index (χ1n) is 10.6. The molecule has 0 saturated heterocycles. The van der Waals surface area contributed by atoms with Gasteiger partial charge in [0.2, 0.25) is 5.91 Å². The number of carbonyl (C=O) groups is 2. The summed E-state index contributed by atoms with van der Waals surface area (Å²) < 4.78 is 6.24. The van der Waals surface area contributed by atoms with Crippen molar-refractivity contribution in [2.24, 2.45) is 0 Å². The second-order valence-electron chi connectivity index (χ2n) is 7.73. The highest BCUT2D eigenvalue weighted by Crippen LogP contribution is 2.23. The van der Waals surface area contributed by atoms with Crippen LogP contribution in [0.1, 0.15) is 21.5 Å². The number of fused-ring (bicyclic) bond motifs is 1. The number of carbonyl (C=O) groups excluding carboxylic acids is 2. The number of rotatable bonds is 6. The highest BCUT2D eigenvalue weighted by molar-refractivity contribution is 7.99. The molecule has 0 spiro atoms. The van der Waals surface area contributed by atoms with Crippen molar-refractivity contribution < 1.29 is 14.3 Å². The normalized spacial score (nSPS) is 10.8. The third-order valence-corrected chi connectivity index (χ3v) is 6.35. The van der Waals surface area contributed by atoms with Crippen molar-refractivity contribution >= 4 is 40.2 Å². The first-order chi connectivity index (χ1) is 16.4. The smallest absolute Gasteiger partial charge is 0.337 e. The maximum Gasteiger partial charge on any atom is 0.337 e. The molecule has 1 N–H and O–H groups in total.